The van der Waals surface area contributed by atoms with Crippen molar-refractivity contribution in [2.24, 2.45) is 0 Å². The van der Waals surface area contributed by atoms with Crippen molar-refractivity contribution in [3.63, 3.8) is 0 Å². The maximum absolute atomic E-state index is 11.0. The van der Waals surface area contributed by atoms with Crippen LogP contribution in [0.2, 0.25) is 0 Å². The fraction of sp³-hybridized carbons (Fsp3) is 0.733. The summed E-state index contributed by atoms with van der Waals surface area (Å²) in [7, 11) is 0. The number of hydrogen-bond donors (Lipinski definition) is 1. The molecule has 21 heavy (non-hydrogen) atoms. The van der Waals surface area contributed by atoms with E-state index in [1.165, 1.54) is 6.92 Å². The molecular weight excluding hydrogens is 266 g/mol. The van der Waals surface area contributed by atoms with Crippen LogP contribution < -0.4 is 5.32 Å². The Hall–Kier alpha value is -1.40. The standard InChI is InChI=1S/C15H27N5O/c1-4-18(5-2)10-11-19-8-6-14(12-19)20-9-7-15(17-20)16-13(3)21/h7,9,14H,4-6,8,10-12H2,1-3H3,(H,16,17,21)/t14-/m0/s1. The predicted octanol–water partition coefficient (Wildman–Crippen LogP) is 1.43. The molecule has 1 aliphatic rings. The highest BCUT2D eigenvalue weighted by Gasteiger charge is 2.24. The number of amides is 1. The molecule has 1 saturated heterocycles. The van der Waals surface area contributed by atoms with Crippen molar-refractivity contribution in [1.29, 1.82) is 0 Å². The first-order chi connectivity index (χ1) is 10.1. The van der Waals surface area contributed by atoms with E-state index in [9.17, 15) is 4.79 Å². The molecule has 1 amide bonds. The van der Waals surface area contributed by atoms with Crippen molar-refractivity contribution in [1.82, 2.24) is 19.6 Å². The van der Waals surface area contributed by atoms with Crippen LogP contribution in [0.25, 0.3) is 0 Å². The molecule has 118 valence electrons. The molecule has 6 heteroatoms. The van der Waals surface area contributed by atoms with Gasteiger partial charge in [0, 0.05) is 45.4 Å². The Bertz CT molecular complexity index is 455. The van der Waals surface area contributed by atoms with E-state index in [1.54, 1.807) is 0 Å². The van der Waals surface area contributed by atoms with Crippen molar-refractivity contribution in [3.8, 4) is 0 Å². The van der Waals surface area contributed by atoms with Crippen LogP contribution in [-0.2, 0) is 4.79 Å². The van der Waals surface area contributed by atoms with Gasteiger partial charge in [0.15, 0.2) is 5.82 Å². The van der Waals surface area contributed by atoms with E-state index in [2.05, 4.69) is 34.1 Å². The Labute approximate surface area is 127 Å². The molecule has 1 fully saturated rings. The summed E-state index contributed by atoms with van der Waals surface area (Å²) >= 11 is 0. The Morgan fingerprint density at radius 1 is 1.48 bits per heavy atom. The molecule has 1 aliphatic heterocycles. The van der Waals surface area contributed by atoms with Crippen LogP contribution in [0.5, 0.6) is 0 Å². The van der Waals surface area contributed by atoms with Gasteiger partial charge in [0.25, 0.3) is 0 Å². The molecular formula is C15H27N5O. The van der Waals surface area contributed by atoms with Gasteiger partial charge in [-0.25, -0.2) is 0 Å². The lowest BCUT2D eigenvalue weighted by Crippen LogP contribution is -2.34. The van der Waals surface area contributed by atoms with Gasteiger partial charge >= 0.3 is 0 Å². The Morgan fingerprint density at radius 2 is 2.24 bits per heavy atom. The summed E-state index contributed by atoms with van der Waals surface area (Å²) in [5.74, 6) is 0.566. The zero-order valence-electron chi connectivity index (χ0n) is 13.4. The Balaban J connectivity index is 1.81. The molecule has 1 aromatic rings. The number of carbonyl (C=O) groups excluding carboxylic acids is 1. The van der Waals surface area contributed by atoms with E-state index in [1.807, 2.05) is 16.9 Å². The van der Waals surface area contributed by atoms with Crippen LogP contribution in [0.15, 0.2) is 12.3 Å². The van der Waals surface area contributed by atoms with Gasteiger partial charge in [-0.2, -0.15) is 5.10 Å². The fourth-order valence-electron chi connectivity index (χ4n) is 2.84. The highest BCUT2D eigenvalue weighted by Crippen LogP contribution is 2.21. The third-order valence-electron chi connectivity index (χ3n) is 4.16. The summed E-state index contributed by atoms with van der Waals surface area (Å²) < 4.78 is 1.99. The molecule has 1 aromatic heterocycles. The largest absolute Gasteiger partial charge is 0.309 e. The van der Waals surface area contributed by atoms with E-state index < -0.39 is 0 Å². The van der Waals surface area contributed by atoms with Crippen LogP contribution in [0.4, 0.5) is 5.82 Å². The molecule has 2 heterocycles. The normalized spacial score (nSPS) is 19.3. The van der Waals surface area contributed by atoms with Gasteiger partial charge in [0.2, 0.25) is 5.91 Å². The van der Waals surface area contributed by atoms with Crippen LogP contribution >= 0.6 is 0 Å². The van der Waals surface area contributed by atoms with Gasteiger partial charge in [-0.1, -0.05) is 13.8 Å². The minimum absolute atomic E-state index is 0.0764. The molecule has 0 aliphatic carbocycles. The van der Waals surface area contributed by atoms with Gasteiger partial charge in [-0.3, -0.25) is 14.4 Å². The highest BCUT2D eigenvalue weighted by molar-refractivity contribution is 5.87. The number of nitrogens with one attached hydrogen (secondary N) is 1. The highest BCUT2D eigenvalue weighted by atomic mass is 16.1. The maximum Gasteiger partial charge on any atom is 0.222 e. The van der Waals surface area contributed by atoms with Gasteiger partial charge in [0.05, 0.1) is 6.04 Å². The summed E-state index contributed by atoms with van der Waals surface area (Å²) in [5, 5.41) is 7.17. The lowest BCUT2D eigenvalue weighted by molar-refractivity contribution is -0.114. The second-order valence-corrected chi connectivity index (χ2v) is 5.63. The molecule has 1 atom stereocenters. The number of aromatic nitrogens is 2. The third-order valence-corrected chi connectivity index (χ3v) is 4.16. The molecule has 6 nitrogen and oxygen atoms in total. The molecule has 0 bridgehead atoms. The van der Waals surface area contributed by atoms with Crippen molar-refractivity contribution in [2.45, 2.75) is 33.2 Å². The third kappa shape index (κ3) is 4.54. The minimum Gasteiger partial charge on any atom is -0.309 e. The Morgan fingerprint density at radius 3 is 2.90 bits per heavy atom. The number of rotatable bonds is 7. The number of carbonyl (C=O) groups is 1. The molecule has 0 radical (unpaired) electrons. The number of hydrogen-bond acceptors (Lipinski definition) is 4. The summed E-state index contributed by atoms with van der Waals surface area (Å²) in [6.07, 6.45) is 3.09. The second-order valence-electron chi connectivity index (χ2n) is 5.63. The van der Waals surface area contributed by atoms with E-state index >= 15 is 0 Å². The van der Waals surface area contributed by atoms with Crippen molar-refractivity contribution < 1.29 is 4.79 Å². The molecule has 0 unspecified atom stereocenters. The number of anilines is 1. The zero-order chi connectivity index (χ0) is 15.2. The van der Waals surface area contributed by atoms with Crippen LogP contribution in [0, 0.1) is 0 Å². The first-order valence-corrected chi connectivity index (χ1v) is 7.89. The van der Waals surface area contributed by atoms with E-state index in [0.29, 0.717) is 11.9 Å². The van der Waals surface area contributed by atoms with Crippen LogP contribution in [-0.4, -0.2) is 64.8 Å². The molecule has 1 N–H and O–H groups in total. The van der Waals surface area contributed by atoms with Crippen molar-refractivity contribution in [3.05, 3.63) is 12.3 Å². The molecule has 0 aromatic carbocycles. The Kier molecular flexibility index (Phi) is 5.76. The number of likely N-dealkylation sites (N-methyl/N-ethyl adjacent to an activating group) is 1. The summed E-state index contributed by atoms with van der Waals surface area (Å²) in [5.41, 5.74) is 0. The fourth-order valence-corrected chi connectivity index (χ4v) is 2.84. The molecule has 0 spiro atoms. The smallest absolute Gasteiger partial charge is 0.222 e. The zero-order valence-corrected chi connectivity index (χ0v) is 13.4. The topological polar surface area (TPSA) is 53.4 Å². The van der Waals surface area contributed by atoms with Gasteiger partial charge < -0.3 is 10.2 Å². The maximum atomic E-state index is 11.0. The first-order valence-electron chi connectivity index (χ1n) is 7.89. The van der Waals surface area contributed by atoms with E-state index in [0.717, 1.165) is 45.7 Å². The summed E-state index contributed by atoms with van der Waals surface area (Å²) in [4.78, 5) is 16.0. The predicted molar refractivity (Wildman–Crippen MR) is 84.4 cm³/mol. The average Bonchev–Trinajstić information content (AvgIpc) is 3.08. The second kappa shape index (κ2) is 7.56. The van der Waals surface area contributed by atoms with Gasteiger partial charge in [-0.15, -0.1) is 0 Å². The van der Waals surface area contributed by atoms with Crippen LogP contribution in [0.3, 0.4) is 0 Å². The lowest BCUT2D eigenvalue weighted by atomic mass is 10.3. The summed E-state index contributed by atoms with van der Waals surface area (Å²) in [6.45, 7) is 12.6. The average molecular weight is 293 g/mol. The summed E-state index contributed by atoms with van der Waals surface area (Å²) in [6, 6.07) is 2.28. The number of likely N-dealkylation sites (tertiary alicyclic amines) is 1. The SMILES string of the molecule is CCN(CC)CCN1CC[C@H](n2ccc(NC(C)=O)n2)C1. The number of nitrogens with zero attached hydrogens (tertiary/aromatic N) is 4. The minimum atomic E-state index is -0.0764. The van der Waals surface area contributed by atoms with Gasteiger partial charge in [-0.05, 0) is 19.5 Å². The van der Waals surface area contributed by atoms with Gasteiger partial charge in [0.1, 0.15) is 0 Å². The first kappa shape index (κ1) is 16.0. The van der Waals surface area contributed by atoms with E-state index in [4.69, 9.17) is 0 Å². The molecule has 2 rings (SSSR count). The monoisotopic (exact) mass is 293 g/mol. The van der Waals surface area contributed by atoms with Crippen molar-refractivity contribution in [2.75, 3.05) is 44.6 Å². The van der Waals surface area contributed by atoms with Crippen LogP contribution in [0.1, 0.15) is 33.2 Å². The quantitative estimate of drug-likeness (QED) is 0.826. The lowest BCUT2D eigenvalue weighted by Gasteiger charge is -2.22. The van der Waals surface area contributed by atoms with Crippen molar-refractivity contribution >= 4 is 11.7 Å². The molecule has 0 saturated carbocycles. The van der Waals surface area contributed by atoms with E-state index in [-0.39, 0.29) is 5.91 Å².